The Morgan fingerprint density at radius 3 is 2.45 bits per heavy atom. The third-order valence-corrected chi connectivity index (χ3v) is 5.14. The summed E-state index contributed by atoms with van der Waals surface area (Å²) in [5.74, 6) is -0.147. The van der Waals surface area contributed by atoms with Crippen molar-refractivity contribution >= 4 is 34.2 Å². The topological polar surface area (TPSA) is 89.8 Å². The van der Waals surface area contributed by atoms with Gasteiger partial charge in [0.1, 0.15) is 30.3 Å². The largest absolute Gasteiger partial charge is 0.486 e. The Kier molecular flexibility index (Phi) is 5.40. The first-order valence-corrected chi connectivity index (χ1v) is 10.3. The van der Waals surface area contributed by atoms with Crippen LogP contribution < -0.4 is 20.1 Å². The summed E-state index contributed by atoms with van der Waals surface area (Å²) in [7, 11) is 0. The van der Waals surface area contributed by atoms with Gasteiger partial charge in [-0.25, -0.2) is 4.39 Å². The van der Waals surface area contributed by atoms with Gasteiger partial charge in [0.2, 0.25) is 11.7 Å². The van der Waals surface area contributed by atoms with E-state index in [-0.39, 0.29) is 29.6 Å². The van der Waals surface area contributed by atoms with Gasteiger partial charge in [0, 0.05) is 17.1 Å². The zero-order valence-electron chi connectivity index (χ0n) is 17.4. The first kappa shape index (κ1) is 20.6. The number of ether oxygens (including phenoxy) is 2. The minimum absolute atomic E-state index is 0.0169. The van der Waals surface area contributed by atoms with Crippen LogP contribution in [-0.4, -0.2) is 25.0 Å². The molecular formula is C25H19FN2O5. The molecule has 0 bridgehead atoms. The van der Waals surface area contributed by atoms with Crippen LogP contribution in [0.15, 0.2) is 71.1 Å². The van der Waals surface area contributed by atoms with E-state index in [4.69, 9.17) is 13.9 Å². The molecule has 1 aliphatic rings. The molecule has 0 radical (unpaired) electrons. The molecule has 33 heavy (non-hydrogen) atoms. The van der Waals surface area contributed by atoms with Crippen molar-refractivity contribution in [3.8, 4) is 11.5 Å². The minimum atomic E-state index is -0.528. The Morgan fingerprint density at radius 1 is 0.879 bits per heavy atom. The third kappa shape index (κ3) is 4.36. The van der Waals surface area contributed by atoms with Gasteiger partial charge in [0.25, 0.3) is 5.91 Å². The lowest BCUT2D eigenvalue weighted by Crippen LogP contribution is -2.19. The fourth-order valence-electron chi connectivity index (χ4n) is 3.61. The normalized spacial score (nSPS) is 12.4. The maximum absolute atomic E-state index is 13.1. The van der Waals surface area contributed by atoms with Crippen LogP contribution in [-0.2, 0) is 11.2 Å². The average molecular weight is 446 g/mol. The van der Waals surface area contributed by atoms with Crippen molar-refractivity contribution in [3.05, 3.63) is 83.9 Å². The molecule has 2 amide bonds. The Balaban J connectivity index is 1.40. The fourth-order valence-corrected chi connectivity index (χ4v) is 3.61. The number of carbonyl (C=O) groups excluding carboxylic acids is 2. The summed E-state index contributed by atoms with van der Waals surface area (Å²) in [5, 5.41) is 6.15. The highest BCUT2D eigenvalue weighted by molar-refractivity contribution is 6.14. The second-order valence-corrected chi connectivity index (χ2v) is 7.47. The molecule has 0 atom stereocenters. The summed E-state index contributed by atoms with van der Waals surface area (Å²) < 4.78 is 30.0. The van der Waals surface area contributed by atoms with Crippen LogP contribution in [0.4, 0.5) is 15.8 Å². The Hall–Kier alpha value is -4.33. The van der Waals surface area contributed by atoms with Gasteiger partial charge in [-0.15, -0.1) is 0 Å². The van der Waals surface area contributed by atoms with Gasteiger partial charge in [0.05, 0.1) is 6.42 Å². The minimum Gasteiger partial charge on any atom is -0.486 e. The lowest BCUT2D eigenvalue weighted by atomic mass is 10.1. The SMILES string of the molecule is O=C(Cc1ccc(F)cc1)Nc1c(C(=O)Nc2ccc3c(c2)OCCO3)oc2ccccc12. The second kappa shape index (κ2) is 8.66. The highest BCUT2D eigenvalue weighted by atomic mass is 19.1. The van der Waals surface area contributed by atoms with Crippen LogP contribution in [0.1, 0.15) is 16.1 Å². The molecule has 166 valence electrons. The van der Waals surface area contributed by atoms with Gasteiger partial charge in [0.15, 0.2) is 11.5 Å². The van der Waals surface area contributed by atoms with Gasteiger partial charge in [-0.2, -0.15) is 0 Å². The molecule has 1 aromatic heterocycles. The number of para-hydroxylation sites is 1. The molecule has 3 aromatic carbocycles. The molecule has 0 spiro atoms. The predicted octanol–water partition coefficient (Wildman–Crippen LogP) is 4.78. The standard InChI is InChI=1S/C25H19FN2O5/c26-16-7-5-15(6-8-16)13-22(29)28-23-18-3-1-2-4-19(18)33-24(23)25(30)27-17-9-10-20-21(14-17)32-12-11-31-20/h1-10,14H,11-13H2,(H,27,30)(H,28,29). The van der Waals surface area contributed by atoms with Crippen molar-refractivity contribution in [1.29, 1.82) is 0 Å². The van der Waals surface area contributed by atoms with E-state index in [1.165, 1.54) is 24.3 Å². The lowest BCUT2D eigenvalue weighted by Gasteiger charge is -2.18. The Bertz CT molecular complexity index is 1350. The summed E-state index contributed by atoms with van der Waals surface area (Å²) in [6.45, 7) is 0.900. The number of rotatable bonds is 5. The van der Waals surface area contributed by atoms with E-state index in [0.29, 0.717) is 46.9 Å². The molecule has 5 rings (SSSR count). The molecular weight excluding hydrogens is 427 g/mol. The molecule has 0 aliphatic carbocycles. The van der Waals surface area contributed by atoms with Gasteiger partial charge in [-0.05, 0) is 42.0 Å². The summed E-state index contributed by atoms with van der Waals surface area (Å²) in [5.41, 5.74) is 1.87. The average Bonchev–Trinajstić information content (AvgIpc) is 3.19. The van der Waals surface area contributed by atoms with E-state index in [2.05, 4.69) is 10.6 Å². The first-order chi connectivity index (χ1) is 16.1. The number of hydrogen-bond acceptors (Lipinski definition) is 5. The number of benzene rings is 3. The van der Waals surface area contributed by atoms with Crippen LogP contribution in [0.3, 0.4) is 0 Å². The second-order valence-electron chi connectivity index (χ2n) is 7.47. The summed E-state index contributed by atoms with van der Waals surface area (Å²) in [4.78, 5) is 25.8. The molecule has 0 unspecified atom stereocenters. The van der Waals surface area contributed by atoms with Gasteiger partial charge >= 0.3 is 0 Å². The van der Waals surface area contributed by atoms with E-state index in [1.807, 2.05) is 0 Å². The highest BCUT2D eigenvalue weighted by Gasteiger charge is 2.23. The number of halogens is 1. The molecule has 8 heteroatoms. The summed E-state index contributed by atoms with van der Waals surface area (Å²) in [6, 6.07) is 17.8. The van der Waals surface area contributed by atoms with Gasteiger partial charge in [-0.3, -0.25) is 9.59 Å². The van der Waals surface area contributed by atoms with Crippen LogP contribution in [0.2, 0.25) is 0 Å². The van der Waals surface area contributed by atoms with Crippen LogP contribution in [0.5, 0.6) is 11.5 Å². The van der Waals surface area contributed by atoms with Crippen molar-refractivity contribution in [3.63, 3.8) is 0 Å². The van der Waals surface area contributed by atoms with Gasteiger partial charge < -0.3 is 24.5 Å². The molecule has 7 nitrogen and oxygen atoms in total. The van der Waals surface area contributed by atoms with E-state index < -0.39 is 5.91 Å². The Labute approximate surface area is 188 Å². The van der Waals surface area contributed by atoms with E-state index in [1.54, 1.807) is 42.5 Å². The molecule has 2 heterocycles. The summed E-state index contributed by atoms with van der Waals surface area (Å²) in [6.07, 6.45) is 0.0169. The summed E-state index contributed by atoms with van der Waals surface area (Å²) >= 11 is 0. The van der Waals surface area contributed by atoms with Crippen LogP contribution in [0, 0.1) is 5.82 Å². The third-order valence-electron chi connectivity index (χ3n) is 5.14. The highest BCUT2D eigenvalue weighted by Crippen LogP contribution is 2.34. The van der Waals surface area contributed by atoms with Gasteiger partial charge in [-0.1, -0.05) is 24.3 Å². The molecule has 4 aromatic rings. The number of amides is 2. The molecule has 1 aliphatic heterocycles. The maximum Gasteiger partial charge on any atom is 0.293 e. The fraction of sp³-hybridized carbons (Fsp3) is 0.120. The molecule has 0 saturated heterocycles. The monoisotopic (exact) mass is 446 g/mol. The number of carbonyl (C=O) groups is 2. The molecule has 0 saturated carbocycles. The zero-order chi connectivity index (χ0) is 22.8. The van der Waals surface area contributed by atoms with Crippen molar-refractivity contribution in [2.24, 2.45) is 0 Å². The number of fused-ring (bicyclic) bond motifs is 2. The van der Waals surface area contributed by atoms with Crippen molar-refractivity contribution in [1.82, 2.24) is 0 Å². The smallest absolute Gasteiger partial charge is 0.293 e. The Morgan fingerprint density at radius 2 is 1.64 bits per heavy atom. The van der Waals surface area contributed by atoms with Crippen LogP contribution in [0.25, 0.3) is 11.0 Å². The number of furan rings is 1. The zero-order valence-corrected chi connectivity index (χ0v) is 17.4. The van der Waals surface area contributed by atoms with Crippen molar-refractivity contribution in [2.45, 2.75) is 6.42 Å². The van der Waals surface area contributed by atoms with E-state index in [0.717, 1.165) is 0 Å². The van der Waals surface area contributed by atoms with Crippen LogP contribution >= 0.6 is 0 Å². The first-order valence-electron chi connectivity index (χ1n) is 10.3. The number of nitrogens with one attached hydrogen (secondary N) is 2. The lowest BCUT2D eigenvalue weighted by molar-refractivity contribution is -0.115. The number of anilines is 2. The molecule has 0 fully saturated rings. The number of hydrogen-bond donors (Lipinski definition) is 2. The predicted molar refractivity (Wildman–Crippen MR) is 120 cm³/mol. The van der Waals surface area contributed by atoms with Crippen molar-refractivity contribution in [2.75, 3.05) is 23.8 Å². The quantitative estimate of drug-likeness (QED) is 0.461. The maximum atomic E-state index is 13.1. The molecule has 2 N–H and O–H groups in total. The van der Waals surface area contributed by atoms with E-state index >= 15 is 0 Å². The van der Waals surface area contributed by atoms with E-state index in [9.17, 15) is 14.0 Å². The van der Waals surface area contributed by atoms with Crippen molar-refractivity contribution < 1.29 is 27.9 Å².